The summed E-state index contributed by atoms with van der Waals surface area (Å²) in [6, 6.07) is 6.10. The number of aliphatic hydroxyl groups is 1. The van der Waals surface area contributed by atoms with Crippen molar-refractivity contribution in [2.45, 2.75) is 32.8 Å². The average molecular weight is 330 g/mol. The standard InChI is InChI=1S/C17H27NO3.ClH/c1-14-5-3-7-17(15(14)2)21-12-11-20-10-9-18-8-4-6-16(19)13-18;/h3,5,7,16,19H,4,6,8-13H2,1-2H3;1H. The van der Waals surface area contributed by atoms with Crippen LogP contribution < -0.4 is 4.74 Å². The molecule has 1 aromatic carbocycles. The van der Waals surface area contributed by atoms with Crippen molar-refractivity contribution in [3.63, 3.8) is 0 Å². The minimum absolute atomic E-state index is 0. The quantitative estimate of drug-likeness (QED) is 0.781. The molecule has 1 aromatic rings. The maximum absolute atomic E-state index is 9.59. The number of rotatable bonds is 7. The summed E-state index contributed by atoms with van der Waals surface area (Å²) in [6.45, 7) is 8.78. The summed E-state index contributed by atoms with van der Waals surface area (Å²) >= 11 is 0. The third-order valence-electron chi connectivity index (χ3n) is 4.07. The lowest BCUT2D eigenvalue weighted by Gasteiger charge is -2.29. The van der Waals surface area contributed by atoms with Gasteiger partial charge >= 0.3 is 0 Å². The monoisotopic (exact) mass is 329 g/mol. The van der Waals surface area contributed by atoms with Crippen molar-refractivity contribution in [2.75, 3.05) is 39.5 Å². The van der Waals surface area contributed by atoms with Gasteiger partial charge in [0.1, 0.15) is 12.4 Å². The van der Waals surface area contributed by atoms with Crippen LogP contribution in [-0.2, 0) is 4.74 Å². The predicted molar refractivity (Wildman–Crippen MR) is 91.2 cm³/mol. The van der Waals surface area contributed by atoms with Gasteiger partial charge in [-0.3, -0.25) is 4.90 Å². The van der Waals surface area contributed by atoms with E-state index in [4.69, 9.17) is 9.47 Å². The van der Waals surface area contributed by atoms with Crippen LogP contribution in [-0.4, -0.2) is 55.6 Å². The molecule has 0 radical (unpaired) electrons. The first kappa shape index (κ1) is 19.2. The molecular formula is C17H28ClNO3. The maximum Gasteiger partial charge on any atom is 0.122 e. The normalized spacial score (nSPS) is 18.8. The Bertz CT molecular complexity index is 442. The van der Waals surface area contributed by atoms with E-state index in [1.165, 1.54) is 11.1 Å². The van der Waals surface area contributed by atoms with Crippen molar-refractivity contribution in [1.29, 1.82) is 0 Å². The first-order chi connectivity index (χ1) is 10.2. The van der Waals surface area contributed by atoms with Gasteiger partial charge in [0.05, 0.1) is 19.3 Å². The molecule has 0 bridgehead atoms. The molecule has 126 valence electrons. The maximum atomic E-state index is 9.59. The second-order valence-electron chi connectivity index (χ2n) is 5.76. The van der Waals surface area contributed by atoms with Gasteiger partial charge in [-0.15, -0.1) is 12.4 Å². The van der Waals surface area contributed by atoms with Gasteiger partial charge in [0.2, 0.25) is 0 Å². The van der Waals surface area contributed by atoms with E-state index in [-0.39, 0.29) is 18.5 Å². The molecule has 0 spiro atoms. The van der Waals surface area contributed by atoms with E-state index in [1.807, 2.05) is 12.1 Å². The largest absolute Gasteiger partial charge is 0.491 e. The summed E-state index contributed by atoms with van der Waals surface area (Å²) in [6.07, 6.45) is 1.85. The fourth-order valence-corrected chi connectivity index (χ4v) is 2.62. The Labute approximate surface area is 139 Å². The van der Waals surface area contributed by atoms with Crippen molar-refractivity contribution in [3.05, 3.63) is 29.3 Å². The zero-order chi connectivity index (χ0) is 15.1. The number of hydrogen-bond donors (Lipinski definition) is 1. The highest BCUT2D eigenvalue weighted by molar-refractivity contribution is 5.85. The number of ether oxygens (including phenoxy) is 2. The Balaban J connectivity index is 0.00000242. The van der Waals surface area contributed by atoms with E-state index in [0.717, 1.165) is 38.2 Å². The summed E-state index contributed by atoms with van der Waals surface area (Å²) in [5.74, 6) is 0.942. The van der Waals surface area contributed by atoms with Crippen LogP contribution in [0.1, 0.15) is 24.0 Å². The molecule has 1 fully saturated rings. The second-order valence-corrected chi connectivity index (χ2v) is 5.76. The average Bonchev–Trinajstić information content (AvgIpc) is 2.47. The summed E-state index contributed by atoms with van der Waals surface area (Å²) in [5.41, 5.74) is 2.44. The first-order valence-corrected chi connectivity index (χ1v) is 7.84. The SMILES string of the molecule is Cc1cccc(OCCOCCN2CCCC(O)C2)c1C.Cl. The van der Waals surface area contributed by atoms with Crippen molar-refractivity contribution in [1.82, 2.24) is 4.90 Å². The Morgan fingerprint density at radius 2 is 2.05 bits per heavy atom. The molecule has 2 rings (SSSR count). The molecule has 1 N–H and O–H groups in total. The van der Waals surface area contributed by atoms with E-state index in [1.54, 1.807) is 0 Å². The van der Waals surface area contributed by atoms with Crippen molar-refractivity contribution in [3.8, 4) is 5.75 Å². The molecule has 1 saturated heterocycles. The Hall–Kier alpha value is -0.810. The van der Waals surface area contributed by atoms with Crippen LogP contribution in [0.2, 0.25) is 0 Å². The first-order valence-electron chi connectivity index (χ1n) is 7.84. The van der Waals surface area contributed by atoms with E-state index in [0.29, 0.717) is 19.8 Å². The highest BCUT2D eigenvalue weighted by Crippen LogP contribution is 2.20. The highest BCUT2D eigenvalue weighted by atomic mass is 35.5. The van der Waals surface area contributed by atoms with Gasteiger partial charge in [0.15, 0.2) is 0 Å². The molecule has 1 heterocycles. The number of benzene rings is 1. The number of β-amino-alcohol motifs (C(OH)–C–C–N with tert-alkyl or cyclic N) is 1. The topological polar surface area (TPSA) is 41.9 Å². The van der Waals surface area contributed by atoms with Gasteiger partial charge in [-0.1, -0.05) is 12.1 Å². The lowest BCUT2D eigenvalue weighted by Crippen LogP contribution is -2.40. The lowest BCUT2D eigenvalue weighted by atomic mass is 10.1. The zero-order valence-corrected chi connectivity index (χ0v) is 14.4. The molecule has 1 unspecified atom stereocenters. The summed E-state index contributed by atoms with van der Waals surface area (Å²) < 4.78 is 11.4. The minimum atomic E-state index is -0.161. The molecule has 0 aliphatic carbocycles. The number of likely N-dealkylation sites (tertiary alicyclic amines) is 1. The fourth-order valence-electron chi connectivity index (χ4n) is 2.62. The van der Waals surface area contributed by atoms with Crippen molar-refractivity contribution in [2.24, 2.45) is 0 Å². The number of aryl methyl sites for hydroxylation is 1. The summed E-state index contributed by atoms with van der Waals surface area (Å²) in [5, 5.41) is 9.59. The van der Waals surface area contributed by atoms with E-state index < -0.39 is 0 Å². The van der Waals surface area contributed by atoms with E-state index in [2.05, 4.69) is 24.8 Å². The van der Waals surface area contributed by atoms with Gasteiger partial charge in [-0.25, -0.2) is 0 Å². The van der Waals surface area contributed by atoms with Crippen LogP contribution in [0.5, 0.6) is 5.75 Å². The molecule has 22 heavy (non-hydrogen) atoms. The lowest BCUT2D eigenvalue weighted by molar-refractivity contribution is 0.0386. The Kier molecular flexibility index (Phi) is 8.79. The molecule has 1 atom stereocenters. The van der Waals surface area contributed by atoms with Crippen LogP contribution in [0.15, 0.2) is 18.2 Å². The number of aliphatic hydroxyl groups excluding tert-OH is 1. The molecule has 1 aliphatic heterocycles. The van der Waals surface area contributed by atoms with Gasteiger partial charge in [-0.05, 0) is 50.4 Å². The molecule has 0 amide bonds. The predicted octanol–water partition coefficient (Wildman–Crippen LogP) is 2.58. The van der Waals surface area contributed by atoms with Crippen LogP contribution in [0, 0.1) is 13.8 Å². The number of halogens is 1. The molecule has 0 aromatic heterocycles. The molecule has 5 heteroatoms. The van der Waals surface area contributed by atoms with Crippen molar-refractivity contribution >= 4 is 12.4 Å². The van der Waals surface area contributed by atoms with Gasteiger partial charge < -0.3 is 14.6 Å². The summed E-state index contributed by atoms with van der Waals surface area (Å²) in [7, 11) is 0. The fraction of sp³-hybridized carbons (Fsp3) is 0.647. The third-order valence-corrected chi connectivity index (χ3v) is 4.07. The third kappa shape index (κ3) is 6.13. The van der Waals surface area contributed by atoms with Gasteiger partial charge in [0.25, 0.3) is 0 Å². The number of nitrogens with zero attached hydrogens (tertiary/aromatic N) is 1. The van der Waals surface area contributed by atoms with Gasteiger partial charge in [-0.2, -0.15) is 0 Å². The van der Waals surface area contributed by atoms with Crippen LogP contribution in [0.4, 0.5) is 0 Å². The Morgan fingerprint density at radius 1 is 1.23 bits per heavy atom. The minimum Gasteiger partial charge on any atom is -0.491 e. The van der Waals surface area contributed by atoms with E-state index in [9.17, 15) is 5.11 Å². The van der Waals surface area contributed by atoms with Crippen LogP contribution in [0.3, 0.4) is 0 Å². The summed E-state index contributed by atoms with van der Waals surface area (Å²) in [4.78, 5) is 2.26. The molecule has 1 aliphatic rings. The van der Waals surface area contributed by atoms with Crippen LogP contribution in [0.25, 0.3) is 0 Å². The van der Waals surface area contributed by atoms with Crippen molar-refractivity contribution < 1.29 is 14.6 Å². The number of piperidine rings is 1. The molecular weight excluding hydrogens is 302 g/mol. The smallest absolute Gasteiger partial charge is 0.122 e. The molecule has 0 saturated carbocycles. The second kappa shape index (κ2) is 10.1. The number of hydrogen-bond acceptors (Lipinski definition) is 4. The van der Waals surface area contributed by atoms with E-state index >= 15 is 0 Å². The highest BCUT2D eigenvalue weighted by Gasteiger charge is 2.16. The Morgan fingerprint density at radius 3 is 2.82 bits per heavy atom. The molecule has 4 nitrogen and oxygen atoms in total. The zero-order valence-electron chi connectivity index (χ0n) is 13.6. The van der Waals surface area contributed by atoms with Crippen LogP contribution >= 0.6 is 12.4 Å². The van der Waals surface area contributed by atoms with Gasteiger partial charge in [0, 0.05) is 13.1 Å².